The van der Waals surface area contributed by atoms with Crippen molar-refractivity contribution in [2.45, 2.75) is 34.1 Å². The maximum absolute atomic E-state index is 11.9. The Labute approximate surface area is 174 Å². The lowest BCUT2D eigenvalue weighted by atomic mass is 10.2. The van der Waals surface area contributed by atoms with Gasteiger partial charge in [-0.25, -0.2) is 20.4 Å². The zero-order valence-corrected chi connectivity index (χ0v) is 17.1. The van der Waals surface area contributed by atoms with Crippen LogP contribution in [0.1, 0.15) is 42.9 Å². The lowest BCUT2D eigenvalue weighted by Gasteiger charge is -2.05. The van der Waals surface area contributed by atoms with Crippen LogP contribution in [0.4, 0.5) is 0 Å². The van der Waals surface area contributed by atoms with Gasteiger partial charge in [-0.15, -0.1) is 0 Å². The Morgan fingerprint density at radius 3 is 1.52 bits per heavy atom. The molecule has 2 aromatic rings. The van der Waals surface area contributed by atoms with Crippen LogP contribution in [0.2, 0.25) is 0 Å². The highest BCUT2D eigenvalue weighted by Gasteiger charge is 2.16. The summed E-state index contributed by atoms with van der Waals surface area (Å²) in [4.78, 5) is 47.4. The molecule has 0 saturated carbocycles. The van der Waals surface area contributed by atoms with E-state index in [1.807, 2.05) is 0 Å². The Morgan fingerprint density at radius 2 is 1.19 bits per heavy atom. The van der Waals surface area contributed by atoms with Gasteiger partial charge in [0.15, 0.2) is 0 Å². The van der Waals surface area contributed by atoms with Gasteiger partial charge >= 0.3 is 11.3 Å². The molecular formula is C19H20N4O8. The Hall–Kier alpha value is -4.22. The minimum atomic E-state index is -0.835. The van der Waals surface area contributed by atoms with Crippen LogP contribution in [0.25, 0.3) is 0 Å². The van der Waals surface area contributed by atoms with E-state index in [4.69, 9.17) is 8.83 Å². The first-order chi connectivity index (χ1) is 14.5. The smallest absolute Gasteiger partial charge is 0.348 e. The molecule has 0 spiro atoms. The number of aromatic hydroxyl groups is 2. The third-order valence-electron chi connectivity index (χ3n) is 3.85. The molecule has 0 aliphatic heterocycles. The SMILES string of the molecule is C/C(=N/NC(=O)CC(=O)N/N=C(\C)c1c(O)cc(C)oc1=O)c1c(O)cc(C)oc1=O. The second-order valence-electron chi connectivity index (χ2n) is 6.45. The maximum atomic E-state index is 11.9. The highest BCUT2D eigenvalue weighted by Crippen LogP contribution is 2.16. The quantitative estimate of drug-likeness (QED) is 0.287. The molecule has 31 heavy (non-hydrogen) atoms. The molecule has 2 amide bonds. The van der Waals surface area contributed by atoms with E-state index in [9.17, 15) is 29.4 Å². The van der Waals surface area contributed by atoms with Gasteiger partial charge in [0, 0.05) is 12.1 Å². The van der Waals surface area contributed by atoms with Gasteiger partial charge in [0.1, 0.15) is 40.6 Å². The van der Waals surface area contributed by atoms with E-state index in [0.717, 1.165) is 0 Å². The number of hydrogen-bond donors (Lipinski definition) is 4. The van der Waals surface area contributed by atoms with Gasteiger partial charge in [0.05, 0.1) is 11.4 Å². The van der Waals surface area contributed by atoms with Crippen LogP contribution in [0.5, 0.6) is 11.5 Å². The fourth-order valence-corrected chi connectivity index (χ4v) is 2.49. The van der Waals surface area contributed by atoms with Gasteiger partial charge < -0.3 is 19.0 Å². The molecule has 12 heteroatoms. The standard InChI is InChI=1S/C19H20N4O8/c1-8-5-12(24)16(18(28)30-8)10(3)20-22-14(26)7-15(27)23-21-11(4)17-13(25)6-9(2)31-19(17)29/h5-6,24-25H,7H2,1-4H3,(H,22,26)(H,23,27)/b20-10-,21-11+. The number of hydrazone groups is 2. The molecule has 0 fully saturated rings. The highest BCUT2D eigenvalue weighted by atomic mass is 16.4. The van der Waals surface area contributed by atoms with Gasteiger partial charge in [0.2, 0.25) is 11.8 Å². The van der Waals surface area contributed by atoms with Crippen LogP contribution < -0.4 is 22.1 Å². The predicted octanol–water partition coefficient (Wildman–Crippen LogP) is 0.392. The molecule has 0 aromatic carbocycles. The molecule has 4 N–H and O–H groups in total. The van der Waals surface area contributed by atoms with Crippen molar-refractivity contribution < 1.29 is 28.6 Å². The molecule has 2 rings (SSSR count). The number of aryl methyl sites for hydroxylation is 2. The summed E-state index contributed by atoms with van der Waals surface area (Å²) >= 11 is 0. The molecule has 0 atom stereocenters. The van der Waals surface area contributed by atoms with Crippen LogP contribution in [-0.2, 0) is 9.59 Å². The molecule has 2 heterocycles. The monoisotopic (exact) mass is 432 g/mol. The zero-order valence-electron chi connectivity index (χ0n) is 17.1. The third-order valence-corrected chi connectivity index (χ3v) is 3.85. The molecular weight excluding hydrogens is 412 g/mol. The fourth-order valence-electron chi connectivity index (χ4n) is 2.49. The van der Waals surface area contributed by atoms with Crippen molar-refractivity contribution in [1.82, 2.24) is 10.9 Å². The number of nitrogens with one attached hydrogen (secondary N) is 2. The summed E-state index contributed by atoms with van der Waals surface area (Å²) in [5, 5.41) is 27.0. The zero-order chi connectivity index (χ0) is 23.3. The van der Waals surface area contributed by atoms with Gasteiger partial charge in [-0.05, 0) is 27.7 Å². The summed E-state index contributed by atoms with van der Waals surface area (Å²) in [5.41, 5.74) is 1.94. The Morgan fingerprint density at radius 1 is 0.839 bits per heavy atom. The van der Waals surface area contributed by atoms with Crippen molar-refractivity contribution in [3.8, 4) is 11.5 Å². The number of amides is 2. The number of nitrogens with zero attached hydrogens (tertiary/aromatic N) is 2. The van der Waals surface area contributed by atoms with Crippen LogP contribution in [0, 0.1) is 13.8 Å². The first-order valence-electron chi connectivity index (χ1n) is 8.84. The lowest BCUT2D eigenvalue weighted by Crippen LogP contribution is -2.29. The first kappa shape index (κ1) is 23.1. The van der Waals surface area contributed by atoms with E-state index in [0.29, 0.717) is 0 Å². The van der Waals surface area contributed by atoms with Crippen molar-refractivity contribution in [3.05, 3.63) is 55.6 Å². The van der Waals surface area contributed by atoms with E-state index in [1.165, 1.54) is 39.8 Å². The molecule has 0 saturated heterocycles. The average Bonchev–Trinajstić information content (AvgIpc) is 2.63. The van der Waals surface area contributed by atoms with Gasteiger partial charge in [-0.3, -0.25) is 9.59 Å². The van der Waals surface area contributed by atoms with Gasteiger partial charge in [-0.1, -0.05) is 0 Å². The second-order valence-corrected chi connectivity index (χ2v) is 6.45. The lowest BCUT2D eigenvalue weighted by molar-refractivity contribution is -0.129. The molecule has 0 aliphatic carbocycles. The summed E-state index contributed by atoms with van der Waals surface area (Å²) in [6.45, 7) is 5.67. The summed E-state index contributed by atoms with van der Waals surface area (Å²) < 4.78 is 9.72. The van der Waals surface area contributed by atoms with E-state index in [2.05, 4.69) is 21.1 Å². The van der Waals surface area contributed by atoms with E-state index >= 15 is 0 Å². The van der Waals surface area contributed by atoms with Gasteiger partial charge in [-0.2, -0.15) is 10.2 Å². The summed E-state index contributed by atoms with van der Waals surface area (Å²) in [6.07, 6.45) is -0.684. The van der Waals surface area contributed by atoms with Crippen LogP contribution in [-0.4, -0.2) is 33.5 Å². The minimum absolute atomic E-state index is 0.0320. The van der Waals surface area contributed by atoms with Crippen molar-refractivity contribution in [1.29, 1.82) is 0 Å². The number of hydrogen-bond acceptors (Lipinski definition) is 10. The van der Waals surface area contributed by atoms with Crippen molar-refractivity contribution in [2.75, 3.05) is 0 Å². The minimum Gasteiger partial charge on any atom is -0.507 e. The molecule has 164 valence electrons. The largest absolute Gasteiger partial charge is 0.507 e. The summed E-state index contributed by atoms with van der Waals surface area (Å²) in [7, 11) is 0. The summed E-state index contributed by atoms with van der Waals surface area (Å²) in [5.74, 6) is -2.00. The average molecular weight is 432 g/mol. The Balaban J connectivity index is 2.01. The molecule has 2 aromatic heterocycles. The normalized spacial score (nSPS) is 11.9. The Bertz CT molecular complexity index is 1110. The highest BCUT2D eigenvalue weighted by molar-refractivity contribution is 6.03. The van der Waals surface area contributed by atoms with E-state index in [-0.39, 0.29) is 45.6 Å². The van der Waals surface area contributed by atoms with E-state index in [1.54, 1.807) is 0 Å². The third kappa shape index (κ3) is 5.88. The topological polar surface area (TPSA) is 184 Å². The predicted molar refractivity (Wildman–Crippen MR) is 108 cm³/mol. The Kier molecular flexibility index (Phi) is 7.08. The molecule has 0 radical (unpaired) electrons. The second kappa shape index (κ2) is 9.52. The maximum Gasteiger partial charge on any atom is 0.348 e. The molecule has 0 aliphatic rings. The van der Waals surface area contributed by atoms with Crippen LogP contribution in [0.15, 0.2) is 40.8 Å². The van der Waals surface area contributed by atoms with Crippen molar-refractivity contribution in [3.63, 3.8) is 0 Å². The summed E-state index contributed by atoms with van der Waals surface area (Å²) in [6, 6.07) is 2.44. The molecule has 12 nitrogen and oxygen atoms in total. The number of rotatable bonds is 6. The van der Waals surface area contributed by atoms with Crippen LogP contribution >= 0.6 is 0 Å². The van der Waals surface area contributed by atoms with Crippen molar-refractivity contribution >= 4 is 23.2 Å². The molecule has 0 bridgehead atoms. The van der Waals surface area contributed by atoms with E-state index < -0.39 is 29.5 Å². The van der Waals surface area contributed by atoms with Crippen molar-refractivity contribution in [2.24, 2.45) is 10.2 Å². The first-order valence-corrected chi connectivity index (χ1v) is 8.84. The van der Waals surface area contributed by atoms with Gasteiger partial charge in [0.25, 0.3) is 0 Å². The number of carbonyl (C=O) groups excluding carboxylic acids is 2. The molecule has 0 unspecified atom stereocenters. The fraction of sp³-hybridized carbons (Fsp3) is 0.263. The van der Waals surface area contributed by atoms with Crippen LogP contribution in [0.3, 0.4) is 0 Å². The number of carbonyl (C=O) groups is 2.